The number of fused-ring (bicyclic) bond motifs is 10. The van der Waals surface area contributed by atoms with Crippen molar-refractivity contribution >= 4 is 0 Å². The SMILES string of the molecule is CCC(C)c1ccccc1-c1ccc2c(c1C)-c1ccccc1C21c2ccccc2-c2ccccc21. The topological polar surface area (TPSA) is 0 Å². The summed E-state index contributed by atoms with van der Waals surface area (Å²) in [4.78, 5) is 0. The Labute approximate surface area is 214 Å². The average molecular weight is 463 g/mol. The van der Waals surface area contributed by atoms with E-state index in [1.807, 2.05) is 0 Å². The fraction of sp³-hybridized carbons (Fsp3) is 0.167. The Balaban J connectivity index is 1.58. The van der Waals surface area contributed by atoms with Gasteiger partial charge in [-0.1, -0.05) is 123 Å². The molecule has 0 N–H and O–H groups in total. The molecule has 2 aliphatic rings. The molecule has 0 aliphatic heterocycles. The molecule has 0 radical (unpaired) electrons. The maximum atomic E-state index is 2.43. The zero-order chi connectivity index (χ0) is 24.4. The van der Waals surface area contributed by atoms with Gasteiger partial charge in [0.2, 0.25) is 0 Å². The molecule has 0 heteroatoms. The van der Waals surface area contributed by atoms with Gasteiger partial charge >= 0.3 is 0 Å². The average Bonchev–Trinajstić information content (AvgIpc) is 3.41. The van der Waals surface area contributed by atoms with Crippen molar-refractivity contribution in [1.82, 2.24) is 0 Å². The third-order valence-electron chi connectivity index (χ3n) is 8.82. The Hall–Kier alpha value is -3.90. The molecule has 1 spiro atoms. The van der Waals surface area contributed by atoms with Crippen molar-refractivity contribution in [3.8, 4) is 33.4 Å². The van der Waals surface area contributed by atoms with Crippen LogP contribution in [0.5, 0.6) is 0 Å². The third-order valence-corrected chi connectivity index (χ3v) is 8.82. The smallest absolute Gasteiger partial charge is 0.0648 e. The molecular weight excluding hydrogens is 432 g/mol. The summed E-state index contributed by atoms with van der Waals surface area (Å²) in [6.45, 7) is 6.97. The van der Waals surface area contributed by atoms with Crippen LogP contribution in [0.1, 0.15) is 59.6 Å². The second-order valence-corrected chi connectivity index (χ2v) is 10.4. The van der Waals surface area contributed by atoms with E-state index in [0.29, 0.717) is 5.92 Å². The van der Waals surface area contributed by atoms with Gasteiger partial charge in [-0.15, -0.1) is 0 Å². The number of benzene rings is 5. The lowest BCUT2D eigenvalue weighted by Gasteiger charge is -2.30. The van der Waals surface area contributed by atoms with Gasteiger partial charge in [-0.05, 0) is 86.0 Å². The summed E-state index contributed by atoms with van der Waals surface area (Å²) in [7, 11) is 0. The minimum absolute atomic E-state index is 0.265. The highest BCUT2D eigenvalue weighted by molar-refractivity contribution is 5.97. The Morgan fingerprint density at radius 3 is 1.64 bits per heavy atom. The predicted molar refractivity (Wildman–Crippen MR) is 152 cm³/mol. The molecule has 0 bridgehead atoms. The van der Waals surface area contributed by atoms with E-state index in [1.54, 1.807) is 0 Å². The summed E-state index contributed by atoms with van der Waals surface area (Å²) in [5, 5.41) is 0. The Morgan fingerprint density at radius 2 is 1.03 bits per heavy atom. The summed E-state index contributed by atoms with van der Waals surface area (Å²) in [6, 6.07) is 41.0. The maximum Gasteiger partial charge on any atom is 0.0725 e. The lowest BCUT2D eigenvalue weighted by Crippen LogP contribution is -2.25. The van der Waals surface area contributed by atoms with Crippen LogP contribution in [0.15, 0.2) is 109 Å². The first kappa shape index (κ1) is 21.4. The molecular formula is C36H30. The van der Waals surface area contributed by atoms with Crippen LogP contribution in [0.2, 0.25) is 0 Å². The van der Waals surface area contributed by atoms with Crippen molar-refractivity contribution < 1.29 is 0 Å². The minimum atomic E-state index is -0.265. The first-order chi connectivity index (χ1) is 17.7. The van der Waals surface area contributed by atoms with Gasteiger partial charge in [0.05, 0.1) is 5.41 Å². The maximum absolute atomic E-state index is 2.43. The Kier molecular flexibility index (Phi) is 4.63. The first-order valence-electron chi connectivity index (χ1n) is 13.2. The molecule has 5 aromatic rings. The molecule has 0 heterocycles. The van der Waals surface area contributed by atoms with Gasteiger partial charge in [0.15, 0.2) is 0 Å². The van der Waals surface area contributed by atoms with Crippen LogP contribution in [0.4, 0.5) is 0 Å². The van der Waals surface area contributed by atoms with Gasteiger partial charge in [0.1, 0.15) is 0 Å². The van der Waals surface area contributed by atoms with Gasteiger partial charge in [-0.25, -0.2) is 0 Å². The van der Waals surface area contributed by atoms with Crippen molar-refractivity contribution in [3.63, 3.8) is 0 Å². The normalized spacial score (nSPS) is 14.8. The second-order valence-electron chi connectivity index (χ2n) is 10.4. The van der Waals surface area contributed by atoms with E-state index in [1.165, 1.54) is 66.8 Å². The van der Waals surface area contributed by atoms with Crippen molar-refractivity contribution in [3.05, 3.63) is 143 Å². The fourth-order valence-electron chi connectivity index (χ4n) is 7.04. The van der Waals surface area contributed by atoms with Gasteiger partial charge in [-0.3, -0.25) is 0 Å². The van der Waals surface area contributed by atoms with Crippen LogP contribution in [0.3, 0.4) is 0 Å². The molecule has 1 unspecified atom stereocenters. The Bertz CT molecular complexity index is 1610. The van der Waals surface area contributed by atoms with E-state index in [0.717, 1.165) is 6.42 Å². The summed E-state index contributed by atoms with van der Waals surface area (Å²) in [5.41, 5.74) is 16.4. The van der Waals surface area contributed by atoms with E-state index in [9.17, 15) is 0 Å². The molecule has 1 atom stereocenters. The standard InChI is InChI=1S/C36H30/c1-4-23(2)25-13-5-6-14-27(25)26-21-22-34-35(24(26)3)30-17-9-12-20-33(30)36(34)31-18-10-7-15-28(31)29-16-8-11-19-32(29)36/h5-23H,4H2,1-3H3. The molecule has 0 fully saturated rings. The fourth-order valence-corrected chi connectivity index (χ4v) is 7.04. The van der Waals surface area contributed by atoms with Gasteiger partial charge in [0, 0.05) is 0 Å². The van der Waals surface area contributed by atoms with Crippen LogP contribution >= 0.6 is 0 Å². The molecule has 36 heavy (non-hydrogen) atoms. The molecule has 0 amide bonds. The highest BCUT2D eigenvalue weighted by atomic mass is 14.5. The van der Waals surface area contributed by atoms with Crippen molar-refractivity contribution in [2.24, 2.45) is 0 Å². The van der Waals surface area contributed by atoms with E-state index >= 15 is 0 Å². The molecule has 2 aliphatic carbocycles. The van der Waals surface area contributed by atoms with Crippen LogP contribution in [0.25, 0.3) is 33.4 Å². The van der Waals surface area contributed by atoms with Crippen LogP contribution in [-0.2, 0) is 5.41 Å². The number of hydrogen-bond donors (Lipinski definition) is 0. The minimum Gasteiger partial charge on any atom is -0.0648 e. The second kappa shape index (κ2) is 7.80. The van der Waals surface area contributed by atoms with E-state index in [2.05, 4.69) is 130 Å². The van der Waals surface area contributed by atoms with Crippen LogP contribution < -0.4 is 0 Å². The number of hydrogen-bond acceptors (Lipinski definition) is 0. The van der Waals surface area contributed by atoms with E-state index < -0.39 is 0 Å². The largest absolute Gasteiger partial charge is 0.0725 e. The monoisotopic (exact) mass is 462 g/mol. The predicted octanol–water partition coefficient (Wildman–Crippen LogP) is 9.52. The Morgan fingerprint density at radius 1 is 0.528 bits per heavy atom. The van der Waals surface area contributed by atoms with Crippen molar-refractivity contribution in [1.29, 1.82) is 0 Å². The molecule has 0 aromatic heterocycles. The van der Waals surface area contributed by atoms with Crippen molar-refractivity contribution in [2.45, 2.75) is 38.5 Å². The molecule has 0 saturated heterocycles. The highest BCUT2D eigenvalue weighted by Crippen LogP contribution is 2.63. The summed E-state index contributed by atoms with van der Waals surface area (Å²) in [6.07, 6.45) is 1.14. The molecule has 7 rings (SSSR count). The van der Waals surface area contributed by atoms with Gasteiger partial charge in [0.25, 0.3) is 0 Å². The molecule has 0 saturated carbocycles. The lowest BCUT2D eigenvalue weighted by molar-refractivity contribution is 0.735. The van der Waals surface area contributed by atoms with Crippen molar-refractivity contribution in [2.75, 3.05) is 0 Å². The highest BCUT2D eigenvalue weighted by Gasteiger charge is 2.51. The zero-order valence-corrected chi connectivity index (χ0v) is 21.2. The lowest BCUT2D eigenvalue weighted by atomic mass is 9.70. The quantitative estimate of drug-likeness (QED) is 0.245. The zero-order valence-electron chi connectivity index (χ0n) is 21.2. The van der Waals surface area contributed by atoms with Gasteiger partial charge < -0.3 is 0 Å². The van der Waals surface area contributed by atoms with Crippen LogP contribution in [-0.4, -0.2) is 0 Å². The van der Waals surface area contributed by atoms with Gasteiger partial charge in [-0.2, -0.15) is 0 Å². The summed E-state index contributed by atoms with van der Waals surface area (Å²) in [5.74, 6) is 0.529. The van der Waals surface area contributed by atoms with E-state index in [4.69, 9.17) is 0 Å². The first-order valence-corrected chi connectivity index (χ1v) is 13.2. The summed E-state index contributed by atoms with van der Waals surface area (Å²) < 4.78 is 0. The van der Waals surface area contributed by atoms with Crippen LogP contribution in [0, 0.1) is 6.92 Å². The molecule has 0 nitrogen and oxygen atoms in total. The number of rotatable bonds is 3. The third kappa shape index (κ3) is 2.60. The molecule has 5 aromatic carbocycles. The summed E-state index contributed by atoms with van der Waals surface area (Å²) >= 11 is 0. The molecule has 174 valence electrons. The van der Waals surface area contributed by atoms with E-state index in [-0.39, 0.29) is 5.41 Å².